The zero-order valence-electron chi connectivity index (χ0n) is 15.6. The van der Waals surface area contributed by atoms with Gasteiger partial charge < -0.3 is 4.74 Å². The van der Waals surface area contributed by atoms with Crippen molar-refractivity contribution in [3.05, 3.63) is 60.7 Å². The minimum atomic E-state index is -0.327. The number of para-hydroxylation sites is 2. The summed E-state index contributed by atoms with van der Waals surface area (Å²) in [6, 6.07) is 19.8. The number of cyclic esters (lactones) is 1. The lowest BCUT2D eigenvalue weighted by atomic mass is 9.90. The Bertz CT molecular complexity index is 650. The largest absolute Gasteiger partial charge is 0.461 e. The molecule has 1 heterocycles. The molecule has 138 valence electrons. The maximum absolute atomic E-state index is 12.6. The summed E-state index contributed by atoms with van der Waals surface area (Å²) >= 11 is 0. The van der Waals surface area contributed by atoms with Crippen LogP contribution >= 0.6 is 0 Å². The minimum Gasteiger partial charge on any atom is -0.461 e. The van der Waals surface area contributed by atoms with Gasteiger partial charge in [0.15, 0.2) is 0 Å². The number of nitrogens with one attached hydrogen (secondary N) is 1. The minimum absolute atomic E-state index is 0.0124. The summed E-state index contributed by atoms with van der Waals surface area (Å²) in [5.74, 6) is 0.0566. The number of nitrogens with zero attached hydrogens (tertiary/aromatic N) is 1. The monoisotopic (exact) mass is 352 g/mol. The van der Waals surface area contributed by atoms with Gasteiger partial charge in [-0.05, 0) is 37.1 Å². The van der Waals surface area contributed by atoms with E-state index in [1.807, 2.05) is 65.7 Å². The van der Waals surface area contributed by atoms with Crippen molar-refractivity contribution < 1.29 is 9.53 Å². The summed E-state index contributed by atoms with van der Waals surface area (Å²) in [5, 5.41) is 2.00. The highest BCUT2D eigenvalue weighted by Crippen LogP contribution is 2.32. The molecule has 0 aromatic heterocycles. The summed E-state index contributed by atoms with van der Waals surface area (Å²) in [6.07, 6.45) is 3.97. The second kappa shape index (κ2) is 8.86. The van der Waals surface area contributed by atoms with Gasteiger partial charge in [0.1, 0.15) is 12.1 Å². The molecule has 4 heteroatoms. The Labute approximate surface area is 156 Å². The molecule has 0 saturated carbocycles. The van der Waals surface area contributed by atoms with Gasteiger partial charge in [0.05, 0.1) is 11.4 Å². The number of anilines is 2. The molecule has 3 unspecified atom stereocenters. The number of benzene rings is 2. The molecular formula is C22H28N2O2. The van der Waals surface area contributed by atoms with Gasteiger partial charge in [-0.3, -0.25) is 9.80 Å². The Morgan fingerprint density at radius 2 is 1.42 bits per heavy atom. The SMILES string of the molecule is CCCC1OC(=O)C(NN(c2ccccc2)c2ccccc2)C1CCC. The van der Waals surface area contributed by atoms with E-state index in [4.69, 9.17) is 4.74 Å². The van der Waals surface area contributed by atoms with Gasteiger partial charge in [0, 0.05) is 5.92 Å². The number of ether oxygens (including phenoxy) is 1. The van der Waals surface area contributed by atoms with Crippen molar-refractivity contribution in [3.8, 4) is 0 Å². The molecule has 2 aromatic carbocycles. The molecule has 0 amide bonds. The molecule has 1 fully saturated rings. The lowest BCUT2D eigenvalue weighted by Gasteiger charge is -2.30. The van der Waals surface area contributed by atoms with Crippen molar-refractivity contribution in [1.82, 2.24) is 5.43 Å². The summed E-state index contributed by atoms with van der Waals surface area (Å²) in [7, 11) is 0. The van der Waals surface area contributed by atoms with E-state index < -0.39 is 0 Å². The summed E-state index contributed by atoms with van der Waals surface area (Å²) in [5.41, 5.74) is 5.48. The van der Waals surface area contributed by atoms with E-state index in [0.717, 1.165) is 37.1 Å². The van der Waals surface area contributed by atoms with Crippen LogP contribution in [0.25, 0.3) is 0 Å². The average Bonchev–Trinajstić information content (AvgIpc) is 2.96. The predicted octanol–water partition coefficient (Wildman–Crippen LogP) is 4.84. The summed E-state index contributed by atoms with van der Waals surface area (Å²) < 4.78 is 5.72. The Kier molecular flexibility index (Phi) is 6.29. The number of carbonyl (C=O) groups is 1. The van der Waals surface area contributed by atoms with E-state index >= 15 is 0 Å². The van der Waals surface area contributed by atoms with Crippen LogP contribution in [0.5, 0.6) is 0 Å². The number of hydrazine groups is 1. The van der Waals surface area contributed by atoms with E-state index in [-0.39, 0.29) is 24.0 Å². The number of hydrogen-bond acceptors (Lipinski definition) is 4. The molecular weight excluding hydrogens is 324 g/mol. The smallest absolute Gasteiger partial charge is 0.325 e. The maximum Gasteiger partial charge on any atom is 0.325 e. The fraction of sp³-hybridized carbons (Fsp3) is 0.409. The first kappa shape index (κ1) is 18.5. The summed E-state index contributed by atoms with van der Waals surface area (Å²) in [6.45, 7) is 4.30. The van der Waals surface area contributed by atoms with Crippen LogP contribution in [-0.4, -0.2) is 18.1 Å². The molecule has 26 heavy (non-hydrogen) atoms. The molecule has 0 radical (unpaired) electrons. The van der Waals surface area contributed by atoms with Crippen molar-refractivity contribution in [2.75, 3.05) is 5.01 Å². The van der Waals surface area contributed by atoms with Crippen molar-refractivity contribution in [1.29, 1.82) is 0 Å². The van der Waals surface area contributed by atoms with Gasteiger partial charge >= 0.3 is 5.97 Å². The lowest BCUT2D eigenvalue weighted by molar-refractivity contribution is -0.143. The Morgan fingerprint density at radius 3 is 1.92 bits per heavy atom. The maximum atomic E-state index is 12.6. The fourth-order valence-electron chi connectivity index (χ4n) is 3.68. The fourth-order valence-corrected chi connectivity index (χ4v) is 3.68. The molecule has 2 aromatic rings. The van der Waals surface area contributed by atoms with Gasteiger partial charge in [-0.2, -0.15) is 0 Å². The van der Waals surface area contributed by atoms with Crippen LogP contribution in [0.1, 0.15) is 39.5 Å². The van der Waals surface area contributed by atoms with Crippen LogP contribution in [0.3, 0.4) is 0 Å². The Morgan fingerprint density at radius 1 is 0.885 bits per heavy atom. The first-order valence-electron chi connectivity index (χ1n) is 9.61. The van der Waals surface area contributed by atoms with Crippen LogP contribution in [0.4, 0.5) is 11.4 Å². The highest BCUT2D eigenvalue weighted by atomic mass is 16.6. The van der Waals surface area contributed by atoms with E-state index in [1.54, 1.807) is 0 Å². The van der Waals surface area contributed by atoms with Crippen LogP contribution in [0.15, 0.2) is 60.7 Å². The topological polar surface area (TPSA) is 41.6 Å². The molecule has 0 aliphatic carbocycles. The third-order valence-corrected chi connectivity index (χ3v) is 4.92. The second-order valence-electron chi connectivity index (χ2n) is 6.83. The first-order chi connectivity index (χ1) is 12.7. The number of hydrogen-bond donors (Lipinski definition) is 1. The van der Waals surface area contributed by atoms with Gasteiger partial charge in [-0.15, -0.1) is 0 Å². The summed E-state index contributed by atoms with van der Waals surface area (Å²) in [4.78, 5) is 12.6. The highest BCUT2D eigenvalue weighted by Gasteiger charge is 2.44. The zero-order valence-corrected chi connectivity index (χ0v) is 15.6. The van der Waals surface area contributed by atoms with Gasteiger partial charge in [0.2, 0.25) is 0 Å². The molecule has 4 nitrogen and oxygen atoms in total. The van der Waals surface area contributed by atoms with Crippen LogP contribution in [0.2, 0.25) is 0 Å². The third kappa shape index (κ3) is 4.07. The predicted molar refractivity (Wildman–Crippen MR) is 105 cm³/mol. The standard InChI is InChI=1S/C22H28N2O2/c1-3-11-19-20(12-4-2)26-22(25)21(19)23-24(17-13-7-5-8-14-17)18-15-9-6-10-16-18/h5-10,13-16,19-21,23H,3-4,11-12H2,1-2H3. The molecule has 3 atom stereocenters. The van der Waals surface area contributed by atoms with Gasteiger partial charge in [-0.1, -0.05) is 63.1 Å². The van der Waals surface area contributed by atoms with Crippen molar-refractivity contribution in [2.24, 2.45) is 5.92 Å². The van der Waals surface area contributed by atoms with Gasteiger partial charge in [0.25, 0.3) is 0 Å². The second-order valence-corrected chi connectivity index (χ2v) is 6.83. The lowest BCUT2D eigenvalue weighted by Crippen LogP contribution is -2.48. The van der Waals surface area contributed by atoms with E-state index in [9.17, 15) is 4.79 Å². The Hall–Kier alpha value is -2.33. The van der Waals surface area contributed by atoms with Crippen molar-refractivity contribution in [3.63, 3.8) is 0 Å². The van der Waals surface area contributed by atoms with Crippen LogP contribution in [-0.2, 0) is 9.53 Å². The van der Waals surface area contributed by atoms with Crippen LogP contribution < -0.4 is 10.4 Å². The molecule has 1 aliphatic rings. The number of esters is 1. The Balaban J connectivity index is 1.89. The van der Waals surface area contributed by atoms with E-state index in [0.29, 0.717) is 0 Å². The van der Waals surface area contributed by atoms with E-state index in [1.165, 1.54) is 0 Å². The normalized spacial score (nSPS) is 22.2. The molecule has 3 rings (SSSR count). The average molecular weight is 352 g/mol. The molecule has 0 bridgehead atoms. The first-order valence-corrected chi connectivity index (χ1v) is 9.61. The van der Waals surface area contributed by atoms with Crippen molar-refractivity contribution in [2.45, 2.75) is 51.7 Å². The van der Waals surface area contributed by atoms with Gasteiger partial charge in [-0.25, -0.2) is 5.43 Å². The molecule has 1 aliphatic heterocycles. The number of carbonyl (C=O) groups excluding carboxylic acids is 1. The van der Waals surface area contributed by atoms with Crippen molar-refractivity contribution >= 4 is 17.3 Å². The van der Waals surface area contributed by atoms with E-state index in [2.05, 4.69) is 19.3 Å². The van der Waals surface area contributed by atoms with Crippen LogP contribution in [0, 0.1) is 5.92 Å². The molecule has 1 N–H and O–H groups in total. The number of rotatable bonds is 8. The highest BCUT2D eigenvalue weighted by molar-refractivity contribution is 5.79. The zero-order chi connectivity index (χ0) is 18.4. The quantitative estimate of drug-likeness (QED) is 0.545. The molecule has 1 saturated heterocycles. The third-order valence-electron chi connectivity index (χ3n) is 4.92. The molecule has 0 spiro atoms.